The summed E-state index contributed by atoms with van der Waals surface area (Å²) in [7, 11) is 0. The molecule has 0 unspecified atom stereocenters. The average Bonchev–Trinajstić information content (AvgIpc) is 2.53. The first-order chi connectivity index (χ1) is 9.86. The van der Waals surface area contributed by atoms with Crippen LogP contribution in [0.4, 0.5) is 0 Å². The Labute approximate surface area is 116 Å². The van der Waals surface area contributed by atoms with Crippen molar-refractivity contribution in [3.05, 3.63) is 71.8 Å². The first-order valence-corrected chi connectivity index (χ1v) is 6.12. The van der Waals surface area contributed by atoms with Gasteiger partial charge in [-0.2, -0.15) is 0 Å². The van der Waals surface area contributed by atoms with Crippen LogP contribution in [0.25, 0.3) is 10.8 Å². The van der Waals surface area contributed by atoms with Gasteiger partial charge in [-0.3, -0.25) is 14.8 Å². The summed E-state index contributed by atoms with van der Waals surface area (Å²) in [6.07, 6.45) is 7.47. The Bertz CT molecular complexity index is 839. The first kappa shape index (κ1) is 12.1. The number of carbonyl (C=O) groups excluding carboxylic acids is 1. The van der Waals surface area contributed by atoms with Crippen LogP contribution in [0.15, 0.2) is 55.1 Å². The van der Waals surface area contributed by atoms with E-state index in [1.807, 2.05) is 30.5 Å². The molecular formula is C17H10N2O. The number of aromatic nitrogens is 2. The molecule has 0 saturated carbocycles. The van der Waals surface area contributed by atoms with Crippen LogP contribution < -0.4 is 0 Å². The minimum Gasteiger partial charge on any atom is -0.298 e. The Morgan fingerprint density at radius 3 is 2.70 bits per heavy atom. The quantitative estimate of drug-likeness (QED) is 0.498. The maximum absolute atomic E-state index is 10.7. The largest absolute Gasteiger partial charge is 0.298 e. The summed E-state index contributed by atoms with van der Waals surface area (Å²) < 4.78 is 0. The van der Waals surface area contributed by atoms with Crippen LogP contribution >= 0.6 is 0 Å². The van der Waals surface area contributed by atoms with Crippen molar-refractivity contribution in [3.63, 3.8) is 0 Å². The molecule has 1 aromatic carbocycles. The topological polar surface area (TPSA) is 42.9 Å². The zero-order valence-electron chi connectivity index (χ0n) is 10.6. The highest BCUT2D eigenvalue weighted by atomic mass is 16.1. The Balaban J connectivity index is 2.05. The lowest BCUT2D eigenvalue weighted by atomic mass is 10.1. The Hall–Kier alpha value is -2.99. The van der Waals surface area contributed by atoms with Crippen LogP contribution in [-0.4, -0.2) is 16.3 Å². The maximum Gasteiger partial charge on any atom is 0.151 e. The van der Waals surface area contributed by atoms with Crippen LogP contribution in [0.1, 0.15) is 21.5 Å². The third-order valence-corrected chi connectivity index (χ3v) is 2.91. The molecule has 0 bridgehead atoms. The van der Waals surface area contributed by atoms with Gasteiger partial charge in [-0.05, 0) is 6.07 Å². The summed E-state index contributed by atoms with van der Waals surface area (Å²) in [6.45, 7) is 0. The minimum atomic E-state index is 0.521. The molecule has 0 aliphatic heterocycles. The van der Waals surface area contributed by atoms with Crippen molar-refractivity contribution < 1.29 is 4.79 Å². The third-order valence-electron chi connectivity index (χ3n) is 2.91. The van der Waals surface area contributed by atoms with Gasteiger partial charge in [0.25, 0.3) is 0 Å². The molecule has 3 nitrogen and oxygen atoms in total. The van der Waals surface area contributed by atoms with Gasteiger partial charge in [0.15, 0.2) is 6.29 Å². The Kier molecular flexibility index (Phi) is 3.22. The molecule has 3 rings (SSSR count). The molecule has 3 aromatic rings. The number of aldehydes is 1. The predicted molar refractivity (Wildman–Crippen MR) is 77.3 cm³/mol. The fraction of sp³-hybridized carbons (Fsp3) is 0. The second-order valence-corrected chi connectivity index (χ2v) is 4.28. The van der Waals surface area contributed by atoms with E-state index in [4.69, 9.17) is 0 Å². The van der Waals surface area contributed by atoms with Gasteiger partial charge in [-0.25, -0.2) is 0 Å². The van der Waals surface area contributed by atoms with Crippen molar-refractivity contribution in [2.45, 2.75) is 0 Å². The zero-order valence-corrected chi connectivity index (χ0v) is 10.6. The summed E-state index contributed by atoms with van der Waals surface area (Å²) in [6, 6.07) is 9.68. The van der Waals surface area contributed by atoms with Crippen LogP contribution in [0, 0.1) is 11.8 Å². The molecule has 0 aliphatic carbocycles. The van der Waals surface area contributed by atoms with E-state index in [2.05, 4.69) is 21.8 Å². The standard InChI is InChI=1S/C17H10N2O/c20-12-14-7-13(8-18-9-14)5-6-16-11-19-10-15-3-1-2-4-17(15)16/h1-4,7-12H. The second-order valence-electron chi connectivity index (χ2n) is 4.28. The Morgan fingerprint density at radius 2 is 1.80 bits per heavy atom. The Morgan fingerprint density at radius 1 is 0.950 bits per heavy atom. The molecule has 0 atom stereocenters. The summed E-state index contributed by atoms with van der Waals surface area (Å²) in [5.41, 5.74) is 2.09. The van der Waals surface area contributed by atoms with Gasteiger partial charge in [-0.1, -0.05) is 36.1 Å². The lowest BCUT2D eigenvalue weighted by Gasteiger charge is -1.98. The van der Waals surface area contributed by atoms with E-state index in [0.29, 0.717) is 11.1 Å². The highest BCUT2D eigenvalue weighted by molar-refractivity contribution is 5.87. The van der Waals surface area contributed by atoms with E-state index < -0.39 is 0 Å². The summed E-state index contributed by atoms with van der Waals surface area (Å²) in [5.74, 6) is 6.10. The molecule has 0 spiro atoms. The highest BCUT2D eigenvalue weighted by Gasteiger charge is 1.97. The molecule has 0 radical (unpaired) electrons. The molecule has 2 aromatic heterocycles. The fourth-order valence-corrected chi connectivity index (χ4v) is 1.95. The SMILES string of the molecule is O=Cc1cncc(C#Cc2cncc3ccccc23)c1. The molecule has 0 amide bonds. The molecule has 0 aliphatic rings. The van der Waals surface area contributed by atoms with E-state index >= 15 is 0 Å². The monoisotopic (exact) mass is 258 g/mol. The average molecular weight is 258 g/mol. The molecule has 0 N–H and O–H groups in total. The third kappa shape index (κ3) is 2.40. The molecule has 94 valence electrons. The number of nitrogens with zero attached hydrogens (tertiary/aromatic N) is 2. The lowest BCUT2D eigenvalue weighted by molar-refractivity contribution is 0.112. The van der Waals surface area contributed by atoms with E-state index in [0.717, 1.165) is 22.6 Å². The smallest absolute Gasteiger partial charge is 0.151 e. The molecule has 3 heteroatoms. The first-order valence-electron chi connectivity index (χ1n) is 6.12. The van der Waals surface area contributed by atoms with E-state index in [9.17, 15) is 4.79 Å². The van der Waals surface area contributed by atoms with Crippen LogP contribution in [0.2, 0.25) is 0 Å². The van der Waals surface area contributed by atoms with E-state index in [1.165, 1.54) is 6.20 Å². The second kappa shape index (κ2) is 5.33. The zero-order chi connectivity index (χ0) is 13.8. The summed E-state index contributed by atoms with van der Waals surface area (Å²) >= 11 is 0. The number of hydrogen-bond acceptors (Lipinski definition) is 3. The number of rotatable bonds is 1. The van der Waals surface area contributed by atoms with E-state index in [1.54, 1.807) is 18.5 Å². The van der Waals surface area contributed by atoms with Crippen LogP contribution in [0.3, 0.4) is 0 Å². The predicted octanol–water partition coefficient (Wildman–Crippen LogP) is 2.84. The highest BCUT2D eigenvalue weighted by Crippen LogP contribution is 2.15. The van der Waals surface area contributed by atoms with E-state index in [-0.39, 0.29) is 0 Å². The number of pyridine rings is 2. The fourth-order valence-electron chi connectivity index (χ4n) is 1.95. The van der Waals surface area contributed by atoms with Crippen molar-refractivity contribution >= 4 is 17.1 Å². The number of benzene rings is 1. The molecule has 2 heterocycles. The summed E-state index contributed by atoms with van der Waals surface area (Å²) in [5, 5.41) is 2.12. The molecule has 20 heavy (non-hydrogen) atoms. The van der Waals surface area contributed by atoms with Crippen molar-refractivity contribution in [1.82, 2.24) is 9.97 Å². The van der Waals surface area contributed by atoms with Gasteiger partial charge in [0.2, 0.25) is 0 Å². The van der Waals surface area contributed by atoms with Gasteiger partial charge < -0.3 is 0 Å². The molecule has 0 fully saturated rings. The van der Waals surface area contributed by atoms with Gasteiger partial charge in [-0.15, -0.1) is 0 Å². The van der Waals surface area contributed by atoms with Crippen molar-refractivity contribution in [2.24, 2.45) is 0 Å². The van der Waals surface area contributed by atoms with Crippen LogP contribution in [0.5, 0.6) is 0 Å². The van der Waals surface area contributed by atoms with Crippen molar-refractivity contribution in [3.8, 4) is 11.8 Å². The van der Waals surface area contributed by atoms with Crippen LogP contribution in [-0.2, 0) is 0 Å². The number of hydrogen-bond donors (Lipinski definition) is 0. The maximum atomic E-state index is 10.7. The molecule has 0 saturated heterocycles. The minimum absolute atomic E-state index is 0.521. The van der Waals surface area contributed by atoms with Gasteiger partial charge >= 0.3 is 0 Å². The van der Waals surface area contributed by atoms with Crippen molar-refractivity contribution in [2.75, 3.05) is 0 Å². The normalized spacial score (nSPS) is 9.80. The lowest BCUT2D eigenvalue weighted by Crippen LogP contribution is -1.86. The summed E-state index contributed by atoms with van der Waals surface area (Å²) in [4.78, 5) is 18.9. The van der Waals surface area contributed by atoms with Gasteiger partial charge in [0.1, 0.15) is 0 Å². The van der Waals surface area contributed by atoms with Gasteiger partial charge in [0, 0.05) is 46.7 Å². The molecular weight excluding hydrogens is 248 g/mol. The van der Waals surface area contributed by atoms with Gasteiger partial charge in [0.05, 0.1) is 5.56 Å². The van der Waals surface area contributed by atoms with Crippen molar-refractivity contribution in [1.29, 1.82) is 0 Å². The number of fused-ring (bicyclic) bond motifs is 1. The number of carbonyl (C=O) groups is 1.